The molecular formula is C11H9Cl2F2NO4S. The number of anilines is 1. The number of alkyl halides is 2. The number of carbonyl (C=O) groups is 1. The molecule has 0 radical (unpaired) electrons. The molecule has 0 N–H and O–H groups in total. The number of benzene rings is 1. The van der Waals surface area contributed by atoms with Crippen molar-refractivity contribution in [3.05, 3.63) is 23.2 Å². The Bertz CT molecular complexity index is 668. The molecule has 5 nitrogen and oxygen atoms in total. The summed E-state index contributed by atoms with van der Waals surface area (Å²) in [7, 11) is 1.29. The van der Waals surface area contributed by atoms with Crippen molar-refractivity contribution in [3.63, 3.8) is 0 Å². The molecule has 0 spiro atoms. The molecule has 0 aromatic heterocycles. The molecule has 1 unspecified atom stereocenters. The lowest BCUT2D eigenvalue weighted by molar-refractivity contribution is -0.117. The van der Waals surface area contributed by atoms with E-state index in [0.29, 0.717) is 0 Å². The highest BCUT2D eigenvalue weighted by molar-refractivity contribution is 8.14. The molecule has 10 heteroatoms. The van der Waals surface area contributed by atoms with Gasteiger partial charge in [-0.2, -0.15) is 8.78 Å². The Kier molecular flexibility index (Phi) is 4.60. The third-order valence-corrected chi connectivity index (χ3v) is 5.02. The Morgan fingerprint density at radius 2 is 2.05 bits per heavy atom. The fourth-order valence-electron chi connectivity index (χ4n) is 1.99. The van der Waals surface area contributed by atoms with Gasteiger partial charge in [0, 0.05) is 28.7 Å². The van der Waals surface area contributed by atoms with E-state index in [1.165, 1.54) is 18.2 Å². The van der Waals surface area contributed by atoms with E-state index >= 15 is 0 Å². The largest absolute Gasteiger partial charge is 0.433 e. The van der Waals surface area contributed by atoms with Crippen LogP contribution in [0.2, 0.25) is 5.02 Å². The zero-order valence-corrected chi connectivity index (χ0v) is 12.6. The van der Waals surface area contributed by atoms with Gasteiger partial charge in [-0.25, -0.2) is 8.42 Å². The molecule has 2 rings (SSSR count). The molecule has 1 atom stereocenters. The molecule has 1 aromatic carbocycles. The van der Waals surface area contributed by atoms with E-state index in [1.54, 1.807) is 0 Å². The predicted molar refractivity (Wildman–Crippen MR) is 73.6 cm³/mol. The van der Waals surface area contributed by atoms with Crippen molar-refractivity contribution in [1.82, 2.24) is 0 Å². The Morgan fingerprint density at radius 3 is 2.57 bits per heavy atom. The minimum Gasteiger partial charge on any atom is -0.433 e. The van der Waals surface area contributed by atoms with Crippen molar-refractivity contribution >= 4 is 42.9 Å². The lowest BCUT2D eigenvalue weighted by Gasteiger charge is -2.20. The maximum atomic E-state index is 12.4. The summed E-state index contributed by atoms with van der Waals surface area (Å²) in [4.78, 5) is 12.9. The van der Waals surface area contributed by atoms with Gasteiger partial charge in [0.15, 0.2) is 0 Å². The van der Waals surface area contributed by atoms with Crippen LogP contribution >= 0.6 is 22.3 Å². The van der Waals surface area contributed by atoms with E-state index in [-0.39, 0.29) is 29.4 Å². The molecule has 1 aliphatic heterocycles. The lowest BCUT2D eigenvalue weighted by atomic mass is 10.2. The molecule has 1 saturated heterocycles. The van der Waals surface area contributed by atoms with Crippen LogP contribution in [0.1, 0.15) is 6.42 Å². The van der Waals surface area contributed by atoms with Crippen molar-refractivity contribution in [2.75, 3.05) is 11.4 Å². The summed E-state index contributed by atoms with van der Waals surface area (Å²) in [6, 6.07) is 3.75. The molecule has 1 aliphatic rings. The maximum absolute atomic E-state index is 12.4. The predicted octanol–water partition coefficient (Wildman–Crippen LogP) is 2.62. The Labute approximate surface area is 128 Å². The summed E-state index contributed by atoms with van der Waals surface area (Å²) in [5, 5.41) is -0.915. The molecule has 0 saturated carbocycles. The van der Waals surface area contributed by atoms with Gasteiger partial charge < -0.3 is 9.64 Å². The number of carbonyl (C=O) groups excluding carboxylic acids is 1. The highest BCUT2D eigenvalue weighted by Crippen LogP contribution is 2.36. The minimum atomic E-state index is -3.93. The number of halogens is 4. The van der Waals surface area contributed by atoms with E-state index in [4.69, 9.17) is 22.3 Å². The normalized spacial score (nSPS) is 19.4. The summed E-state index contributed by atoms with van der Waals surface area (Å²) >= 11 is 5.78. The molecule has 21 heavy (non-hydrogen) atoms. The maximum Gasteiger partial charge on any atom is 0.387 e. The van der Waals surface area contributed by atoms with Crippen LogP contribution in [0.15, 0.2) is 18.2 Å². The Balaban J connectivity index is 2.37. The summed E-state index contributed by atoms with van der Waals surface area (Å²) < 4.78 is 51.7. The number of nitrogens with zero attached hydrogens (tertiary/aromatic N) is 1. The van der Waals surface area contributed by atoms with Gasteiger partial charge in [0.25, 0.3) is 0 Å². The monoisotopic (exact) mass is 359 g/mol. The average molecular weight is 360 g/mol. The SMILES string of the molecule is O=C1CC(S(=O)(=O)Cl)CN1c1cc(Cl)ccc1OC(F)F. The number of hydrogen-bond acceptors (Lipinski definition) is 4. The zero-order chi connectivity index (χ0) is 15.8. The third-order valence-electron chi connectivity index (χ3n) is 2.92. The standard InChI is InChI=1S/C11H9Cl2F2NO4S/c12-6-1-2-9(20-11(14)15)8(3-6)16-5-7(4-10(16)17)21(13,18)19/h1-3,7,11H,4-5H2. The molecule has 116 valence electrons. The third kappa shape index (κ3) is 3.75. The highest BCUT2D eigenvalue weighted by Gasteiger charge is 2.39. The van der Waals surface area contributed by atoms with Gasteiger partial charge >= 0.3 is 6.61 Å². The van der Waals surface area contributed by atoms with E-state index in [9.17, 15) is 22.0 Å². The van der Waals surface area contributed by atoms with Crippen LogP contribution in [0.3, 0.4) is 0 Å². The van der Waals surface area contributed by atoms with E-state index in [0.717, 1.165) is 4.90 Å². The van der Waals surface area contributed by atoms with Gasteiger partial charge in [-0.1, -0.05) is 11.6 Å². The summed E-state index contributed by atoms with van der Waals surface area (Å²) in [5.74, 6) is -0.832. The smallest absolute Gasteiger partial charge is 0.387 e. The van der Waals surface area contributed by atoms with Crippen molar-refractivity contribution in [3.8, 4) is 5.75 Å². The van der Waals surface area contributed by atoms with Gasteiger partial charge in [-0.3, -0.25) is 4.79 Å². The van der Waals surface area contributed by atoms with Gasteiger partial charge in [0.1, 0.15) is 11.0 Å². The van der Waals surface area contributed by atoms with Crippen molar-refractivity contribution in [2.24, 2.45) is 0 Å². The Hall–Kier alpha value is -1.12. The van der Waals surface area contributed by atoms with Crippen molar-refractivity contribution in [1.29, 1.82) is 0 Å². The van der Waals surface area contributed by atoms with Crippen LogP contribution in [0, 0.1) is 0 Å². The second-order valence-electron chi connectivity index (χ2n) is 4.30. The summed E-state index contributed by atoms with van der Waals surface area (Å²) in [5.41, 5.74) is -0.0179. The highest BCUT2D eigenvalue weighted by atomic mass is 35.7. The van der Waals surface area contributed by atoms with Crippen LogP contribution < -0.4 is 9.64 Å². The molecule has 1 aromatic rings. The van der Waals surface area contributed by atoms with Crippen LogP contribution in [0.25, 0.3) is 0 Å². The summed E-state index contributed by atoms with van der Waals surface area (Å²) in [6.45, 7) is -3.33. The molecule has 0 aliphatic carbocycles. The first kappa shape index (κ1) is 16.3. The Morgan fingerprint density at radius 1 is 1.38 bits per heavy atom. The first-order chi connectivity index (χ1) is 9.68. The van der Waals surface area contributed by atoms with Gasteiger partial charge in [-0.05, 0) is 18.2 Å². The van der Waals surface area contributed by atoms with Crippen LogP contribution in [-0.4, -0.2) is 32.7 Å². The quantitative estimate of drug-likeness (QED) is 0.775. The van der Waals surface area contributed by atoms with E-state index < -0.39 is 26.8 Å². The number of amides is 1. The molecule has 1 amide bonds. The fraction of sp³-hybridized carbons (Fsp3) is 0.364. The second kappa shape index (κ2) is 5.94. The van der Waals surface area contributed by atoms with Crippen molar-refractivity contribution in [2.45, 2.75) is 18.3 Å². The van der Waals surface area contributed by atoms with Gasteiger partial charge in [-0.15, -0.1) is 0 Å². The second-order valence-corrected chi connectivity index (χ2v) is 7.64. The molecule has 1 heterocycles. The van der Waals surface area contributed by atoms with Crippen LogP contribution in [0.5, 0.6) is 5.75 Å². The molecule has 0 bridgehead atoms. The number of rotatable bonds is 4. The molecule has 1 fully saturated rings. The number of hydrogen-bond donors (Lipinski definition) is 0. The van der Waals surface area contributed by atoms with E-state index in [2.05, 4.69) is 4.74 Å². The lowest BCUT2D eigenvalue weighted by Crippen LogP contribution is -2.27. The number of ether oxygens (including phenoxy) is 1. The summed E-state index contributed by atoms with van der Waals surface area (Å²) in [6.07, 6.45) is -0.327. The van der Waals surface area contributed by atoms with Gasteiger partial charge in [0.2, 0.25) is 15.0 Å². The van der Waals surface area contributed by atoms with Crippen LogP contribution in [-0.2, 0) is 13.8 Å². The minimum absolute atomic E-state index is 0.0179. The van der Waals surface area contributed by atoms with E-state index in [1.807, 2.05) is 0 Å². The van der Waals surface area contributed by atoms with Crippen molar-refractivity contribution < 1.29 is 26.7 Å². The average Bonchev–Trinajstić information content (AvgIpc) is 2.73. The van der Waals surface area contributed by atoms with Crippen LogP contribution in [0.4, 0.5) is 14.5 Å². The first-order valence-electron chi connectivity index (χ1n) is 5.66. The van der Waals surface area contributed by atoms with Gasteiger partial charge in [0.05, 0.1) is 5.69 Å². The topological polar surface area (TPSA) is 63.7 Å². The first-order valence-corrected chi connectivity index (χ1v) is 8.41. The zero-order valence-electron chi connectivity index (χ0n) is 10.3. The fourth-order valence-corrected chi connectivity index (χ4v) is 3.19. The molecular weight excluding hydrogens is 351 g/mol.